The summed E-state index contributed by atoms with van der Waals surface area (Å²) in [4.78, 5) is 17.4. The average Bonchev–Trinajstić information content (AvgIpc) is 1.51. The average molecular weight is 1440 g/mol. The van der Waals surface area contributed by atoms with Gasteiger partial charge in [0.25, 0.3) is 0 Å². The van der Waals surface area contributed by atoms with Crippen LogP contribution in [0.1, 0.15) is 22.3 Å². The molecule has 0 saturated carbocycles. The number of thiophene rings is 3. The highest BCUT2D eigenvalue weighted by Crippen LogP contribution is 2.64. The summed E-state index contributed by atoms with van der Waals surface area (Å²) in [5.41, 5.74) is 24.5. The number of aromatic nitrogens is 6. The third-order valence-electron chi connectivity index (χ3n) is 23.7. The van der Waals surface area contributed by atoms with E-state index in [0.29, 0.717) is 17.7 Å². The van der Waals surface area contributed by atoms with E-state index in [1.165, 1.54) is 138 Å². The first-order chi connectivity index (χ1) is 54.0. The highest BCUT2D eigenvalue weighted by atomic mass is 32.1. The third-order valence-corrected chi connectivity index (χ3v) is 27.2. The predicted octanol–water partition coefficient (Wildman–Crippen LogP) is 27.3. The molecule has 6 nitrogen and oxygen atoms in total. The van der Waals surface area contributed by atoms with Gasteiger partial charge >= 0.3 is 0 Å². The smallest absolute Gasteiger partial charge is 0.240 e. The van der Waals surface area contributed by atoms with Gasteiger partial charge in [-0.1, -0.05) is 212 Å². The summed E-state index contributed by atoms with van der Waals surface area (Å²) in [5, 5.41) is 14.6. The lowest BCUT2D eigenvalue weighted by Crippen LogP contribution is -2.26. The van der Waals surface area contributed by atoms with Crippen molar-refractivity contribution < 1.29 is 0 Å². The second-order valence-electron chi connectivity index (χ2n) is 29.3. The zero-order valence-electron chi connectivity index (χ0n) is 58.2. The highest BCUT2D eigenvalue weighted by molar-refractivity contribution is 7.26. The van der Waals surface area contributed by atoms with Crippen LogP contribution in [0.5, 0.6) is 0 Å². The Labute approximate surface area is 635 Å². The van der Waals surface area contributed by atoms with Crippen molar-refractivity contribution in [2.24, 2.45) is 0 Å². The van der Waals surface area contributed by atoms with Gasteiger partial charge in [0.05, 0.1) is 38.5 Å². The van der Waals surface area contributed by atoms with Gasteiger partial charge in [-0.15, -0.1) is 34.0 Å². The number of hydrogen-bond donors (Lipinski definition) is 0. The number of nitrogens with zero attached hydrogens (tertiary/aromatic N) is 6. The van der Waals surface area contributed by atoms with E-state index >= 15 is 0 Å². The van der Waals surface area contributed by atoms with Crippen LogP contribution in [-0.4, -0.2) is 28.7 Å². The maximum Gasteiger partial charge on any atom is 0.240 e. The van der Waals surface area contributed by atoms with Crippen LogP contribution < -0.4 is 0 Å². The summed E-state index contributed by atoms with van der Waals surface area (Å²) in [6, 6.07) is 127. The Kier molecular flexibility index (Phi) is 12.3. The second kappa shape index (κ2) is 22.3. The number of benzene rings is 16. The molecule has 0 aliphatic heterocycles. The molecule has 0 fully saturated rings. The number of hydrogen-bond acceptors (Lipinski definition) is 6. The van der Waals surface area contributed by atoms with E-state index < -0.39 is 5.41 Å². The van der Waals surface area contributed by atoms with Crippen molar-refractivity contribution in [1.29, 1.82) is 0 Å². The quantitative estimate of drug-likeness (QED) is 0.160. The monoisotopic (exact) mass is 1440 g/mol. The topological polar surface area (TPSA) is 53.5 Å². The predicted molar refractivity (Wildman–Crippen MR) is 460 cm³/mol. The Bertz CT molecular complexity index is 7670. The number of rotatable bonds is 7. The Balaban J connectivity index is 0.696. The molecular weight excluding hydrogens is 1380 g/mol. The van der Waals surface area contributed by atoms with E-state index in [1.54, 1.807) is 0 Å². The zero-order chi connectivity index (χ0) is 70.9. The molecule has 23 aromatic rings. The molecule has 504 valence electrons. The molecule has 25 rings (SSSR count). The number of para-hydroxylation sites is 3. The van der Waals surface area contributed by atoms with E-state index in [1.807, 2.05) is 34.0 Å². The van der Waals surface area contributed by atoms with Gasteiger partial charge in [-0.2, -0.15) is 15.0 Å². The fourth-order valence-electron chi connectivity index (χ4n) is 19.0. The first-order valence-corrected chi connectivity index (χ1v) is 39.6. The summed E-state index contributed by atoms with van der Waals surface area (Å²) < 4.78 is 14.8. The Morgan fingerprint density at radius 2 is 0.514 bits per heavy atom. The molecule has 7 aromatic heterocycles. The summed E-state index contributed by atoms with van der Waals surface area (Å²) in [7, 11) is 0. The minimum atomic E-state index is -0.726. The SMILES string of the molecule is c1ccc2c(c1)-c1ccccc1C21c2cc(-c3nc(-n4c5ccccc5c5cc(-c6ccc7sc8ccccc8c7c6)ccc54)nc(-n4c5ccccc5c5cc(-c6ccc7sc8ccccc8c7c6)ccc54)n3)ccc2-c2ccc(-n3c4ccccc4c4cc(-c5ccc6sc7ccccc7c6c5)ccc43)cc21. The van der Waals surface area contributed by atoms with Gasteiger partial charge < -0.3 is 4.57 Å². The highest BCUT2D eigenvalue weighted by Gasteiger charge is 2.52. The van der Waals surface area contributed by atoms with Crippen molar-refractivity contribution in [3.05, 3.63) is 362 Å². The van der Waals surface area contributed by atoms with Gasteiger partial charge in [-0.25, -0.2) is 0 Å². The van der Waals surface area contributed by atoms with Gasteiger partial charge in [0.1, 0.15) is 0 Å². The molecule has 0 radical (unpaired) electrons. The van der Waals surface area contributed by atoms with Gasteiger partial charge in [0.15, 0.2) is 5.82 Å². The van der Waals surface area contributed by atoms with Crippen molar-refractivity contribution in [3.63, 3.8) is 0 Å². The van der Waals surface area contributed by atoms with Gasteiger partial charge in [-0.3, -0.25) is 9.13 Å². The first kappa shape index (κ1) is 59.8. The van der Waals surface area contributed by atoms with Crippen molar-refractivity contribution in [2.75, 3.05) is 0 Å². The maximum absolute atomic E-state index is 5.81. The molecule has 0 amide bonds. The van der Waals surface area contributed by atoms with Crippen LogP contribution in [0.15, 0.2) is 340 Å². The van der Waals surface area contributed by atoms with E-state index in [2.05, 4.69) is 353 Å². The normalized spacial score (nSPS) is 13.0. The van der Waals surface area contributed by atoms with E-state index in [9.17, 15) is 0 Å². The Morgan fingerprint density at radius 3 is 0.963 bits per heavy atom. The van der Waals surface area contributed by atoms with E-state index in [-0.39, 0.29) is 0 Å². The molecule has 9 heteroatoms. The molecule has 16 aromatic carbocycles. The van der Waals surface area contributed by atoms with Crippen LogP contribution >= 0.6 is 34.0 Å². The third kappa shape index (κ3) is 8.41. The minimum absolute atomic E-state index is 0.527. The van der Waals surface area contributed by atoms with Crippen LogP contribution in [0.25, 0.3) is 211 Å². The van der Waals surface area contributed by atoms with Crippen molar-refractivity contribution in [3.8, 4) is 84.6 Å². The number of fused-ring (bicyclic) bond motifs is 28. The van der Waals surface area contributed by atoms with Gasteiger partial charge in [0.2, 0.25) is 11.9 Å². The molecule has 0 unspecified atom stereocenters. The Morgan fingerprint density at radius 1 is 0.202 bits per heavy atom. The molecular formula is C100H56N6S3. The molecule has 1 spiro atoms. The van der Waals surface area contributed by atoms with Crippen LogP contribution in [0.4, 0.5) is 0 Å². The fraction of sp³-hybridized carbons (Fsp3) is 0.0100. The van der Waals surface area contributed by atoms with E-state index in [4.69, 9.17) is 15.0 Å². The van der Waals surface area contributed by atoms with Gasteiger partial charge in [-0.05, 0) is 205 Å². The van der Waals surface area contributed by atoms with Crippen molar-refractivity contribution in [1.82, 2.24) is 28.7 Å². The first-order valence-electron chi connectivity index (χ1n) is 37.1. The van der Waals surface area contributed by atoms with Gasteiger partial charge in [0, 0.05) is 104 Å². The standard InChI is InChI=1S/C100H56N6S3/c1-9-25-81-65(17-1)66-18-2-10-26-82(66)100(81)83-55-63(33-41-67(83)68-42-40-64(56-84(68)100)104-85-27-11-3-19-69(85)75-49-57(34-43-88(75)104)60-37-46-94-78(52-60)72-22-6-14-30-91(72)107-94)97-101-98(105-86-28-12-4-20-70(86)76-50-58(35-44-89(76)105)61-38-47-95-79(53-61)73-23-7-15-31-92(73)108-95)103-99(102-97)106-87-29-13-5-21-71(87)77-51-59(36-45-90(77)106)62-39-48-96-80(54-62)74-24-8-16-32-93(74)109-96/h1-56H. The second-order valence-corrected chi connectivity index (χ2v) is 32.5. The maximum atomic E-state index is 5.81. The van der Waals surface area contributed by atoms with Crippen LogP contribution in [0.2, 0.25) is 0 Å². The largest absolute Gasteiger partial charge is 0.309 e. The molecule has 7 heterocycles. The molecule has 2 aliphatic carbocycles. The molecule has 2 aliphatic rings. The molecule has 0 bridgehead atoms. The Hall–Kier alpha value is -13.4. The minimum Gasteiger partial charge on any atom is -0.309 e. The van der Waals surface area contributed by atoms with Crippen LogP contribution in [0, 0.1) is 0 Å². The lowest BCUT2D eigenvalue weighted by molar-refractivity contribution is 0.792. The summed E-state index contributed by atoms with van der Waals surface area (Å²) >= 11 is 5.56. The summed E-state index contributed by atoms with van der Waals surface area (Å²) in [6.45, 7) is 0. The lowest BCUT2D eigenvalue weighted by atomic mass is 9.70. The molecule has 0 atom stereocenters. The summed E-state index contributed by atoms with van der Waals surface area (Å²) in [6.07, 6.45) is 0. The molecule has 0 saturated heterocycles. The lowest BCUT2D eigenvalue weighted by Gasteiger charge is -2.31. The van der Waals surface area contributed by atoms with Crippen molar-refractivity contribution >= 4 is 160 Å². The fourth-order valence-corrected chi connectivity index (χ4v) is 22.2. The van der Waals surface area contributed by atoms with E-state index in [0.717, 1.165) is 77.0 Å². The molecule has 109 heavy (non-hydrogen) atoms. The van der Waals surface area contributed by atoms with Crippen molar-refractivity contribution in [2.45, 2.75) is 5.41 Å². The zero-order valence-corrected chi connectivity index (χ0v) is 60.7. The summed E-state index contributed by atoms with van der Waals surface area (Å²) in [5.74, 6) is 1.62. The van der Waals surface area contributed by atoms with Crippen LogP contribution in [-0.2, 0) is 5.41 Å². The molecule has 0 N–H and O–H groups in total. The van der Waals surface area contributed by atoms with Crippen LogP contribution in [0.3, 0.4) is 0 Å².